The minimum atomic E-state index is -0.366. The quantitative estimate of drug-likeness (QED) is 0.703. The minimum absolute atomic E-state index is 0.297. The van der Waals surface area contributed by atoms with E-state index < -0.39 is 0 Å². The summed E-state index contributed by atoms with van der Waals surface area (Å²) in [7, 11) is 1.55. The van der Waals surface area contributed by atoms with Crippen LogP contribution in [0.25, 0.3) is 0 Å². The smallest absolute Gasteiger partial charge is 0.256 e. The largest absolute Gasteiger partial charge is 0.497 e. The first-order valence-electron chi connectivity index (χ1n) is 5.60. The molecule has 0 bridgehead atoms. The van der Waals surface area contributed by atoms with Gasteiger partial charge in [-0.15, -0.1) is 0 Å². The zero-order chi connectivity index (χ0) is 14.7. The van der Waals surface area contributed by atoms with Crippen LogP contribution in [0, 0.1) is 9.39 Å². The molecule has 0 saturated carbocycles. The van der Waals surface area contributed by atoms with Gasteiger partial charge in [-0.3, -0.25) is 4.79 Å². The summed E-state index contributed by atoms with van der Waals surface area (Å²) in [5.41, 5.74) is 1.02. The van der Waals surface area contributed by atoms with E-state index in [1.807, 2.05) is 22.6 Å². The number of carbonyl (C=O) groups excluding carboxylic acids is 1. The van der Waals surface area contributed by atoms with Gasteiger partial charge in [0, 0.05) is 19.8 Å². The number of hydrogen-bond donors (Lipinski definition) is 1. The van der Waals surface area contributed by atoms with E-state index in [4.69, 9.17) is 4.74 Å². The molecule has 0 aliphatic heterocycles. The van der Waals surface area contributed by atoms with Crippen molar-refractivity contribution >= 4 is 50.1 Å². The van der Waals surface area contributed by atoms with Crippen LogP contribution in [-0.4, -0.2) is 13.0 Å². The molecule has 3 nitrogen and oxygen atoms in total. The highest BCUT2D eigenvalue weighted by molar-refractivity contribution is 14.1. The van der Waals surface area contributed by atoms with E-state index >= 15 is 0 Å². The number of amides is 1. The van der Waals surface area contributed by atoms with Crippen LogP contribution >= 0.6 is 38.5 Å². The predicted molar refractivity (Wildman–Crippen MR) is 87.8 cm³/mol. The fourth-order valence-corrected chi connectivity index (χ4v) is 2.82. The van der Waals surface area contributed by atoms with Crippen LogP contribution in [0.3, 0.4) is 0 Å². The molecule has 1 N–H and O–H groups in total. The Morgan fingerprint density at radius 1 is 1.30 bits per heavy atom. The average molecular weight is 450 g/mol. The summed E-state index contributed by atoms with van der Waals surface area (Å²) in [6.07, 6.45) is 0. The minimum Gasteiger partial charge on any atom is -0.497 e. The van der Waals surface area contributed by atoms with Crippen molar-refractivity contribution in [2.24, 2.45) is 0 Å². The van der Waals surface area contributed by atoms with Crippen LogP contribution in [0.1, 0.15) is 10.4 Å². The molecule has 0 aliphatic rings. The van der Waals surface area contributed by atoms with E-state index in [1.165, 1.54) is 18.2 Å². The van der Waals surface area contributed by atoms with Gasteiger partial charge in [0.2, 0.25) is 0 Å². The predicted octanol–water partition coefficient (Wildman–Crippen LogP) is 4.45. The summed E-state index contributed by atoms with van der Waals surface area (Å²) in [5, 5.41) is 2.76. The lowest BCUT2D eigenvalue weighted by atomic mass is 10.2. The molecule has 0 radical (unpaired) electrons. The van der Waals surface area contributed by atoms with E-state index in [9.17, 15) is 9.18 Å². The van der Waals surface area contributed by atoms with Gasteiger partial charge in [0.05, 0.1) is 12.7 Å². The number of nitrogens with one attached hydrogen (secondary N) is 1. The highest BCUT2D eigenvalue weighted by atomic mass is 127. The Balaban J connectivity index is 2.25. The van der Waals surface area contributed by atoms with Crippen molar-refractivity contribution in [1.29, 1.82) is 0 Å². The molecule has 20 heavy (non-hydrogen) atoms. The number of carbonyl (C=O) groups is 1. The summed E-state index contributed by atoms with van der Waals surface area (Å²) in [6.45, 7) is 0. The number of anilines is 1. The van der Waals surface area contributed by atoms with Gasteiger partial charge in [0.25, 0.3) is 5.91 Å². The average Bonchev–Trinajstić information content (AvgIpc) is 2.37. The van der Waals surface area contributed by atoms with Gasteiger partial charge in [0.15, 0.2) is 0 Å². The maximum Gasteiger partial charge on any atom is 0.256 e. The van der Waals surface area contributed by atoms with Crippen LogP contribution in [0.4, 0.5) is 10.1 Å². The van der Waals surface area contributed by atoms with Gasteiger partial charge < -0.3 is 10.1 Å². The summed E-state index contributed by atoms with van der Waals surface area (Å²) >= 11 is 5.27. The second-order valence-electron chi connectivity index (χ2n) is 3.96. The van der Waals surface area contributed by atoms with Crippen molar-refractivity contribution in [3.8, 4) is 5.75 Å². The zero-order valence-electron chi connectivity index (χ0n) is 10.4. The second kappa shape index (κ2) is 6.53. The maximum absolute atomic E-state index is 13.0. The first-order chi connectivity index (χ1) is 9.49. The molecule has 2 aromatic rings. The zero-order valence-corrected chi connectivity index (χ0v) is 14.2. The monoisotopic (exact) mass is 449 g/mol. The molecule has 0 spiro atoms. The molecule has 0 heterocycles. The van der Waals surface area contributed by atoms with Crippen molar-refractivity contribution in [2.75, 3.05) is 12.4 Å². The summed E-state index contributed by atoms with van der Waals surface area (Å²) in [6, 6.07) is 9.30. The lowest BCUT2D eigenvalue weighted by Crippen LogP contribution is -2.13. The van der Waals surface area contributed by atoms with Crippen molar-refractivity contribution in [3.05, 3.63) is 55.8 Å². The third-order valence-electron chi connectivity index (χ3n) is 2.54. The molecule has 6 heteroatoms. The van der Waals surface area contributed by atoms with E-state index in [2.05, 4.69) is 21.2 Å². The van der Waals surface area contributed by atoms with E-state index in [-0.39, 0.29) is 11.7 Å². The molecule has 104 valence electrons. The van der Waals surface area contributed by atoms with Gasteiger partial charge in [-0.1, -0.05) is 15.9 Å². The molecule has 1 amide bonds. The van der Waals surface area contributed by atoms with Gasteiger partial charge in [-0.25, -0.2) is 4.39 Å². The van der Waals surface area contributed by atoms with Crippen molar-refractivity contribution in [2.45, 2.75) is 0 Å². The van der Waals surface area contributed by atoms with Crippen LogP contribution in [0.2, 0.25) is 0 Å². The number of benzene rings is 2. The summed E-state index contributed by atoms with van der Waals surface area (Å²) < 4.78 is 19.5. The third kappa shape index (κ3) is 3.69. The highest BCUT2D eigenvalue weighted by Gasteiger charge is 2.11. The fourth-order valence-electron chi connectivity index (χ4n) is 1.62. The van der Waals surface area contributed by atoms with Crippen LogP contribution in [-0.2, 0) is 0 Å². The lowest BCUT2D eigenvalue weighted by molar-refractivity contribution is 0.102. The number of ether oxygens (including phenoxy) is 1. The third-order valence-corrected chi connectivity index (χ3v) is 3.89. The number of methoxy groups -OCH3 is 1. The molecule has 0 unspecified atom stereocenters. The molecule has 0 aliphatic carbocycles. The number of hydrogen-bond acceptors (Lipinski definition) is 2. The van der Waals surface area contributed by atoms with Crippen LogP contribution in [0.15, 0.2) is 40.9 Å². The Hall–Kier alpha value is -1.15. The van der Waals surface area contributed by atoms with E-state index in [0.717, 1.165) is 4.47 Å². The number of halogens is 3. The van der Waals surface area contributed by atoms with Gasteiger partial charge in [-0.05, 0) is 52.9 Å². The molecule has 0 aromatic heterocycles. The van der Waals surface area contributed by atoms with Crippen LogP contribution in [0.5, 0.6) is 5.75 Å². The highest BCUT2D eigenvalue weighted by Crippen LogP contribution is 2.25. The standard InChI is InChI=1S/C14H10BrFINO2/c1-20-11-5-8(15)4-10(7-11)18-14(19)12-3-2-9(16)6-13(12)17/h2-7H,1H3,(H,18,19). The van der Waals surface area contributed by atoms with E-state index in [0.29, 0.717) is 20.6 Å². The molecule has 0 saturated heterocycles. The van der Waals surface area contributed by atoms with Crippen molar-refractivity contribution < 1.29 is 13.9 Å². The van der Waals surface area contributed by atoms with Gasteiger partial charge in [-0.2, -0.15) is 0 Å². The Kier molecular flexibility index (Phi) is 4.98. The summed E-state index contributed by atoms with van der Waals surface area (Å²) in [4.78, 5) is 12.2. The van der Waals surface area contributed by atoms with Gasteiger partial charge in [0.1, 0.15) is 11.6 Å². The Bertz CT molecular complexity index is 664. The summed E-state index contributed by atoms with van der Waals surface area (Å²) in [5.74, 6) is -0.0342. The Morgan fingerprint density at radius 3 is 2.70 bits per heavy atom. The van der Waals surface area contributed by atoms with Gasteiger partial charge >= 0.3 is 0 Å². The Morgan fingerprint density at radius 2 is 2.05 bits per heavy atom. The normalized spacial score (nSPS) is 10.2. The Labute approximate surface area is 137 Å². The van der Waals surface area contributed by atoms with Crippen molar-refractivity contribution in [3.63, 3.8) is 0 Å². The first-order valence-corrected chi connectivity index (χ1v) is 7.48. The lowest BCUT2D eigenvalue weighted by Gasteiger charge is -2.09. The molecule has 0 fully saturated rings. The van der Waals surface area contributed by atoms with Crippen LogP contribution < -0.4 is 10.1 Å². The maximum atomic E-state index is 13.0. The topological polar surface area (TPSA) is 38.3 Å². The molecular weight excluding hydrogens is 440 g/mol. The molecule has 2 aromatic carbocycles. The second-order valence-corrected chi connectivity index (χ2v) is 6.04. The fraction of sp³-hybridized carbons (Fsp3) is 0.0714. The first kappa shape index (κ1) is 15.2. The number of rotatable bonds is 3. The molecular formula is C14H10BrFINO2. The molecule has 2 rings (SSSR count). The molecule has 0 atom stereocenters. The van der Waals surface area contributed by atoms with E-state index in [1.54, 1.807) is 25.3 Å². The SMILES string of the molecule is COc1cc(Br)cc(NC(=O)c2ccc(F)cc2I)c1. The van der Waals surface area contributed by atoms with Crippen molar-refractivity contribution in [1.82, 2.24) is 0 Å².